The number of hydrogen-bond acceptors (Lipinski definition) is 2. The van der Waals surface area contributed by atoms with E-state index in [4.69, 9.17) is 0 Å². The summed E-state index contributed by atoms with van der Waals surface area (Å²) in [7, 11) is 0. The van der Waals surface area contributed by atoms with Crippen molar-refractivity contribution in [2.24, 2.45) is 5.92 Å². The Hall–Kier alpha value is -1.06. The average Bonchev–Trinajstić information content (AvgIpc) is 2.44. The van der Waals surface area contributed by atoms with Crippen molar-refractivity contribution < 1.29 is 9.59 Å². The van der Waals surface area contributed by atoms with Gasteiger partial charge in [0.25, 0.3) is 5.91 Å². The summed E-state index contributed by atoms with van der Waals surface area (Å²) in [5.41, 5.74) is -0.523. The zero-order valence-electron chi connectivity index (χ0n) is 10.1. The van der Waals surface area contributed by atoms with Crippen LogP contribution in [0.1, 0.15) is 46.0 Å². The smallest absolute Gasteiger partial charge is 0.310 e. The first kappa shape index (κ1) is 11.4. The topological polar surface area (TPSA) is 49.4 Å². The third-order valence-electron chi connectivity index (χ3n) is 3.83. The first-order valence-electron chi connectivity index (χ1n) is 6.23. The van der Waals surface area contributed by atoms with E-state index in [1.807, 2.05) is 6.92 Å². The zero-order valence-corrected chi connectivity index (χ0v) is 10.1. The number of imide groups is 1. The van der Waals surface area contributed by atoms with Gasteiger partial charge in [0, 0.05) is 6.54 Å². The van der Waals surface area contributed by atoms with E-state index < -0.39 is 5.54 Å². The molecular formula is C12H20N2O2. The van der Waals surface area contributed by atoms with Crippen molar-refractivity contribution >= 4 is 11.9 Å². The van der Waals surface area contributed by atoms with Crippen LogP contribution in [0.4, 0.5) is 4.79 Å². The Labute approximate surface area is 96.4 Å². The monoisotopic (exact) mass is 224 g/mol. The fraction of sp³-hybridized carbons (Fsp3) is 0.833. The van der Waals surface area contributed by atoms with Crippen LogP contribution in [0.2, 0.25) is 0 Å². The highest BCUT2D eigenvalue weighted by Crippen LogP contribution is 2.39. The number of nitrogens with zero attached hydrogens (tertiary/aromatic N) is 1. The van der Waals surface area contributed by atoms with E-state index in [9.17, 15) is 9.59 Å². The maximum absolute atomic E-state index is 12.0. The second-order valence-corrected chi connectivity index (χ2v) is 5.14. The number of carbonyl (C=O) groups is 2. The predicted octanol–water partition coefficient (Wildman–Crippen LogP) is 1.90. The minimum atomic E-state index is -0.523. The lowest BCUT2D eigenvalue weighted by Crippen LogP contribution is -2.52. The Bertz CT molecular complexity index is 316. The van der Waals surface area contributed by atoms with Gasteiger partial charge in [-0.3, -0.25) is 10.1 Å². The molecule has 16 heavy (non-hydrogen) atoms. The molecule has 1 aliphatic heterocycles. The van der Waals surface area contributed by atoms with E-state index in [1.165, 1.54) is 6.42 Å². The van der Waals surface area contributed by atoms with Gasteiger partial charge >= 0.3 is 6.03 Å². The number of nitrogens with one attached hydrogen (secondary N) is 1. The van der Waals surface area contributed by atoms with E-state index in [1.54, 1.807) is 4.90 Å². The molecular weight excluding hydrogens is 204 g/mol. The van der Waals surface area contributed by atoms with Crippen molar-refractivity contribution in [3.63, 3.8) is 0 Å². The Morgan fingerprint density at radius 3 is 2.88 bits per heavy atom. The largest absolute Gasteiger partial charge is 0.325 e. The van der Waals surface area contributed by atoms with E-state index >= 15 is 0 Å². The summed E-state index contributed by atoms with van der Waals surface area (Å²) in [6.07, 6.45) is 4.77. The molecule has 2 fully saturated rings. The first-order valence-corrected chi connectivity index (χ1v) is 6.23. The molecule has 2 unspecified atom stereocenters. The minimum absolute atomic E-state index is 0.0718. The third-order valence-corrected chi connectivity index (χ3v) is 3.83. The van der Waals surface area contributed by atoms with Gasteiger partial charge in [-0.1, -0.05) is 26.7 Å². The fourth-order valence-corrected chi connectivity index (χ4v) is 3.11. The van der Waals surface area contributed by atoms with Gasteiger partial charge in [-0.15, -0.1) is 0 Å². The lowest BCUT2D eigenvalue weighted by atomic mass is 9.75. The summed E-state index contributed by atoms with van der Waals surface area (Å²) in [6, 6.07) is -0.194. The van der Waals surface area contributed by atoms with Crippen molar-refractivity contribution in [1.82, 2.24) is 10.2 Å². The number of urea groups is 1. The molecule has 0 radical (unpaired) electrons. The number of carbonyl (C=O) groups excluding carboxylic acids is 2. The molecule has 0 aromatic rings. The van der Waals surface area contributed by atoms with Crippen LogP contribution in [0.3, 0.4) is 0 Å². The van der Waals surface area contributed by atoms with Gasteiger partial charge in [-0.05, 0) is 25.2 Å². The van der Waals surface area contributed by atoms with Crippen molar-refractivity contribution in [2.45, 2.75) is 51.5 Å². The fourth-order valence-electron chi connectivity index (χ4n) is 3.11. The molecule has 2 rings (SSSR count). The molecule has 4 nitrogen and oxygen atoms in total. The van der Waals surface area contributed by atoms with E-state index in [-0.39, 0.29) is 11.9 Å². The molecule has 1 saturated carbocycles. The van der Waals surface area contributed by atoms with Gasteiger partial charge in [0.2, 0.25) is 0 Å². The van der Waals surface area contributed by atoms with Gasteiger partial charge in [-0.2, -0.15) is 0 Å². The molecule has 1 spiro atoms. The molecule has 1 N–H and O–H groups in total. The summed E-state index contributed by atoms with van der Waals surface area (Å²) < 4.78 is 0. The maximum atomic E-state index is 12.0. The summed E-state index contributed by atoms with van der Waals surface area (Å²) in [5, 5.41) is 2.48. The number of amides is 3. The molecule has 4 heteroatoms. The molecule has 2 atom stereocenters. The Morgan fingerprint density at radius 1 is 1.50 bits per heavy atom. The summed E-state index contributed by atoms with van der Waals surface area (Å²) in [5.74, 6) is 0.460. The molecule has 0 aromatic carbocycles. The average molecular weight is 224 g/mol. The van der Waals surface area contributed by atoms with Crippen LogP contribution in [0.15, 0.2) is 0 Å². The summed E-state index contributed by atoms with van der Waals surface area (Å²) >= 11 is 0. The van der Waals surface area contributed by atoms with Crippen LogP contribution < -0.4 is 5.32 Å². The summed E-state index contributed by atoms with van der Waals surface area (Å²) in [6.45, 7) is 4.89. The van der Waals surface area contributed by atoms with Crippen molar-refractivity contribution in [2.75, 3.05) is 6.54 Å². The molecule has 1 saturated heterocycles. The number of rotatable bonds is 2. The molecule has 3 amide bonds. The van der Waals surface area contributed by atoms with E-state index in [2.05, 4.69) is 12.2 Å². The molecule has 90 valence electrons. The van der Waals surface area contributed by atoms with Crippen LogP contribution in [0.5, 0.6) is 0 Å². The second-order valence-electron chi connectivity index (χ2n) is 5.14. The SMILES string of the molecule is CCCN1C(=O)NC(=O)C12CCCC(C)C2. The second kappa shape index (κ2) is 4.07. The van der Waals surface area contributed by atoms with Crippen LogP contribution >= 0.6 is 0 Å². The van der Waals surface area contributed by atoms with E-state index in [0.29, 0.717) is 12.5 Å². The molecule has 0 bridgehead atoms. The van der Waals surface area contributed by atoms with Gasteiger partial charge < -0.3 is 4.90 Å². The summed E-state index contributed by atoms with van der Waals surface area (Å²) in [4.78, 5) is 25.5. The Balaban J connectivity index is 2.27. The quantitative estimate of drug-likeness (QED) is 0.728. The normalized spacial score (nSPS) is 34.6. The van der Waals surface area contributed by atoms with Crippen LogP contribution in [-0.2, 0) is 4.79 Å². The van der Waals surface area contributed by atoms with Crippen molar-refractivity contribution in [1.29, 1.82) is 0 Å². The van der Waals surface area contributed by atoms with Crippen LogP contribution in [0.25, 0.3) is 0 Å². The van der Waals surface area contributed by atoms with Gasteiger partial charge in [0.05, 0.1) is 0 Å². The Morgan fingerprint density at radius 2 is 2.25 bits per heavy atom. The molecule has 0 aromatic heterocycles. The van der Waals surface area contributed by atoms with Gasteiger partial charge in [-0.25, -0.2) is 4.79 Å². The number of hydrogen-bond donors (Lipinski definition) is 1. The van der Waals surface area contributed by atoms with Gasteiger partial charge in [0.15, 0.2) is 0 Å². The van der Waals surface area contributed by atoms with Crippen LogP contribution in [-0.4, -0.2) is 28.9 Å². The highest BCUT2D eigenvalue weighted by Gasteiger charge is 2.53. The highest BCUT2D eigenvalue weighted by atomic mass is 16.2. The predicted molar refractivity (Wildman–Crippen MR) is 60.9 cm³/mol. The van der Waals surface area contributed by atoms with E-state index in [0.717, 1.165) is 25.7 Å². The molecule has 1 heterocycles. The standard InChI is InChI=1S/C12H20N2O2/c1-3-7-14-11(16)13-10(15)12(14)6-4-5-9(2)8-12/h9H,3-8H2,1-2H3,(H,13,15,16). The maximum Gasteiger partial charge on any atom is 0.325 e. The van der Waals surface area contributed by atoms with Gasteiger partial charge in [0.1, 0.15) is 5.54 Å². The first-order chi connectivity index (χ1) is 7.60. The zero-order chi connectivity index (χ0) is 11.8. The lowest BCUT2D eigenvalue weighted by molar-refractivity contribution is -0.129. The lowest BCUT2D eigenvalue weighted by Gasteiger charge is -2.40. The Kier molecular flexibility index (Phi) is 2.91. The van der Waals surface area contributed by atoms with Crippen molar-refractivity contribution in [3.05, 3.63) is 0 Å². The van der Waals surface area contributed by atoms with Crippen molar-refractivity contribution in [3.8, 4) is 0 Å². The van der Waals surface area contributed by atoms with Crippen LogP contribution in [0, 0.1) is 5.92 Å². The molecule has 2 aliphatic rings. The minimum Gasteiger partial charge on any atom is -0.310 e. The highest BCUT2D eigenvalue weighted by molar-refractivity contribution is 6.07. The third kappa shape index (κ3) is 1.60. The molecule has 1 aliphatic carbocycles.